The van der Waals surface area contributed by atoms with E-state index < -0.39 is 23.8 Å². The van der Waals surface area contributed by atoms with Gasteiger partial charge in [0.25, 0.3) is 5.91 Å². The Morgan fingerprint density at radius 1 is 1.23 bits per heavy atom. The SMILES string of the molecule is O=C(NOC(O)C1CC1)c1cc(Cl)c(F)cc1Nc1ccc(I)cc1F. The fraction of sp³-hybridized carbons (Fsp3) is 0.235. The normalized spacial score (nSPS) is 14.8. The van der Waals surface area contributed by atoms with Crippen molar-refractivity contribution in [1.82, 2.24) is 5.48 Å². The fourth-order valence-electron chi connectivity index (χ4n) is 2.22. The van der Waals surface area contributed by atoms with Crippen molar-refractivity contribution in [3.63, 3.8) is 0 Å². The fourth-order valence-corrected chi connectivity index (χ4v) is 2.84. The van der Waals surface area contributed by atoms with Gasteiger partial charge in [0.15, 0.2) is 6.29 Å². The second kappa shape index (κ2) is 8.03. The molecular weight excluding hydrogens is 481 g/mol. The summed E-state index contributed by atoms with van der Waals surface area (Å²) in [6.07, 6.45) is 0.524. The molecule has 0 aromatic heterocycles. The lowest BCUT2D eigenvalue weighted by Gasteiger charge is -2.15. The first-order valence-electron chi connectivity index (χ1n) is 7.70. The first-order valence-corrected chi connectivity index (χ1v) is 9.16. The van der Waals surface area contributed by atoms with E-state index in [9.17, 15) is 18.7 Å². The van der Waals surface area contributed by atoms with E-state index in [0.29, 0.717) is 3.57 Å². The molecule has 1 unspecified atom stereocenters. The van der Waals surface area contributed by atoms with Crippen molar-refractivity contribution in [2.75, 3.05) is 5.32 Å². The van der Waals surface area contributed by atoms with Crippen molar-refractivity contribution in [2.24, 2.45) is 5.92 Å². The summed E-state index contributed by atoms with van der Waals surface area (Å²) >= 11 is 7.72. The summed E-state index contributed by atoms with van der Waals surface area (Å²) in [6, 6.07) is 6.52. The molecule has 26 heavy (non-hydrogen) atoms. The third-order valence-corrected chi connectivity index (χ3v) is 4.76. The van der Waals surface area contributed by atoms with Gasteiger partial charge < -0.3 is 10.4 Å². The van der Waals surface area contributed by atoms with Crippen LogP contribution in [-0.2, 0) is 4.84 Å². The summed E-state index contributed by atoms with van der Waals surface area (Å²) < 4.78 is 28.6. The average Bonchev–Trinajstić information content (AvgIpc) is 3.43. The number of rotatable bonds is 6. The van der Waals surface area contributed by atoms with Crippen LogP contribution >= 0.6 is 34.2 Å². The van der Waals surface area contributed by atoms with Crippen LogP contribution in [0.2, 0.25) is 5.02 Å². The van der Waals surface area contributed by atoms with Crippen molar-refractivity contribution >= 4 is 51.5 Å². The number of nitrogens with one attached hydrogen (secondary N) is 2. The molecule has 1 saturated carbocycles. The van der Waals surface area contributed by atoms with E-state index in [2.05, 4.69) is 10.8 Å². The molecular formula is C17H14ClF2IN2O3. The molecule has 1 aliphatic carbocycles. The highest BCUT2D eigenvalue weighted by Crippen LogP contribution is 2.33. The third kappa shape index (κ3) is 4.61. The molecule has 0 bridgehead atoms. The smallest absolute Gasteiger partial charge is 0.277 e. The number of aliphatic hydroxyl groups is 1. The molecule has 5 nitrogen and oxygen atoms in total. The maximum Gasteiger partial charge on any atom is 0.277 e. The van der Waals surface area contributed by atoms with Crippen molar-refractivity contribution in [3.8, 4) is 0 Å². The highest BCUT2D eigenvalue weighted by molar-refractivity contribution is 14.1. The Hall–Kier alpha value is -1.49. The zero-order valence-corrected chi connectivity index (χ0v) is 16.1. The van der Waals surface area contributed by atoms with E-state index in [1.54, 1.807) is 6.07 Å². The lowest BCUT2D eigenvalue weighted by molar-refractivity contribution is -0.145. The molecule has 138 valence electrons. The second-order valence-corrected chi connectivity index (χ2v) is 7.49. The molecule has 1 aliphatic rings. The second-order valence-electron chi connectivity index (χ2n) is 5.84. The average molecular weight is 495 g/mol. The number of anilines is 2. The van der Waals surface area contributed by atoms with E-state index in [0.717, 1.165) is 25.0 Å². The molecule has 0 saturated heterocycles. The van der Waals surface area contributed by atoms with Crippen LogP contribution in [-0.4, -0.2) is 17.3 Å². The largest absolute Gasteiger partial charge is 0.366 e. The summed E-state index contributed by atoms with van der Waals surface area (Å²) in [5.74, 6) is -2.08. The van der Waals surface area contributed by atoms with Gasteiger partial charge in [-0.15, -0.1) is 0 Å². The van der Waals surface area contributed by atoms with E-state index >= 15 is 0 Å². The van der Waals surface area contributed by atoms with Crippen LogP contribution in [0.4, 0.5) is 20.2 Å². The first-order chi connectivity index (χ1) is 12.3. The Balaban J connectivity index is 1.83. The Kier molecular flexibility index (Phi) is 5.96. The van der Waals surface area contributed by atoms with Crippen LogP contribution in [0.25, 0.3) is 0 Å². The molecule has 2 aromatic carbocycles. The van der Waals surface area contributed by atoms with Crippen molar-refractivity contribution in [1.29, 1.82) is 0 Å². The minimum absolute atomic E-state index is 0.00835. The summed E-state index contributed by atoms with van der Waals surface area (Å²) in [5, 5.41) is 12.1. The van der Waals surface area contributed by atoms with Crippen molar-refractivity contribution in [2.45, 2.75) is 19.1 Å². The van der Waals surface area contributed by atoms with Crippen LogP contribution in [0.15, 0.2) is 30.3 Å². The van der Waals surface area contributed by atoms with Crippen LogP contribution in [0.3, 0.4) is 0 Å². The molecule has 3 N–H and O–H groups in total. The molecule has 1 amide bonds. The Morgan fingerprint density at radius 2 is 1.96 bits per heavy atom. The lowest BCUT2D eigenvalue weighted by Crippen LogP contribution is -2.31. The van der Waals surface area contributed by atoms with Gasteiger partial charge >= 0.3 is 0 Å². The highest BCUT2D eigenvalue weighted by Gasteiger charge is 2.31. The van der Waals surface area contributed by atoms with E-state index in [-0.39, 0.29) is 27.9 Å². The zero-order valence-electron chi connectivity index (χ0n) is 13.2. The summed E-state index contributed by atoms with van der Waals surface area (Å²) in [4.78, 5) is 17.3. The van der Waals surface area contributed by atoms with Gasteiger partial charge in [-0.25, -0.2) is 19.1 Å². The van der Waals surface area contributed by atoms with E-state index in [4.69, 9.17) is 16.4 Å². The van der Waals surface area contributed by atoms with Gasteiger partial charge in [0.2, 0.25) is 0 Å². The number of carbonyl (C=O) groups is 1. The van der Waals surface area contributed by atoms with Crippen molar-refractivity contribution < 1.29 is 23.5 Å². The zero-order chi connectivity index (χ0) is 18.8. The van der Waals surface area contributed by atoms with Crippen LogP contribution in [0.5, 0.6) is 0 Å². The predicted molar refractivity (Wildman–Crippen MR) is 101 cm³/mol. The maximum absolute atomic E-state index is 14.1. The number of hydroxylamine groups is 1. The lowest BCUT2D eigenvalue weighted by atomic mass is 10.1. The molecule has 1 fully saturated rings. The number of aliphatic hydroxyl groups excluding tert-OH is 1. The molecule has 0 radical (unpaired) electrons. The minimum atomic E-state index is -1.11. The van der Waals surface area contributed by atoms with Gasteiger partial charge in [-0.1, -0.05) is 11.6 Å². The third-order valence-electron chi connectivity index (χ3n) is 3.80. The topological polar surface area (TPSA) is 70.6 Å². The Morgan fingerprint density at radius 3 is 2.62 bits per heavy atom. The quantitative estimate of drug-likeness (QED) is 0.317. The van der Waals surface area contributed by atoms with Crippen LogP contribution in [0.1, 0.15) is 23.2 Å². The Labute approximate surface area is 166 Å². The number of carbonyl (C=O) groups excluding carboxylic acids is 1. The molecule has 2 aromatic rings. The van der Waals surface area contributed by atoms with Gasteiger partial charge in [-0.3, -0.25) is 4.79 Å². The van der Waals surface area contributed by atoms with Gasteiger partial charge in [0, 0.05) is 9.49 Å². The molecule has 9 heteroatoms. The van der Waals surface area contributed by atoms with Crippen molar-refractivity contribution in [3.05, 3.63) is 56.1 Å². The number of benzene rings is 2. The highest BCUT2D eigenvalue weighted by atomic mass is 127. The Bertz CT molecular complexity index is 849. The number of amides is 1. The van der Waals surface area contributed by atoms with Gasteiger partial charge in [-0.05, 0) is 65.8 Å². The van der Waals surface area contributed by atoms with Crippen LogP contribution < -0.4 is 10.8 Å². The van der Waals surface area contributed by atoms with Gasteiger partial charge in [0.05, 0.1) is 22.0 Å². The summed E-state index contributed by atoms with van der Waals surface area (Å²) in [5.41, 5.74) is 2.13. The molecule has 3 rings (SSSR count). The van der Waals surface area contributed by atoms with Crippen LogP contribution in [0, 0.1) is 21.1 Å². The number of hydrogen-bond acceptors (Lipinski definition) is 4. The molecule has 0 spiro atoms. The van der Waals surface area contributed by atoms with Gasteiger partial charge in [-0.2, -0.15) is 0 Å². The van der Waals surface area contributed by atoms with E-state index in [1.165, 1.54) is 12.1 Å². The summed E-state index contributed by atoms with van der Waals surface area (Å²) in [7, 11) is 0. The maximum atomic E-state index is 14.1. The molecule has 1 atom stereocenters. The standard InChI is InChI=1S/C17H14ClF2IN2O3/c18-11-6-10(16(24)23-26-17(25)8-1-2-8)15(7-12(11)19)22-14-4-3-9(21)5-13(14)20/h3-8,17,22,25H,1-2H2,(H,23,24). The predicted octanol–water partition coefficient (Wildman–Crippen LogP) is 4.36. The summed E-state index contributed by atoms with van der Waals surface area (Å²) in [6.45, 7) is 0. The minimum Gasteiger partial charge on any atom is -0.366 e. The number of halogens is 4. The molecule has 0 heterocycles. The monoisotopic (exact) mass is 494 g/mol. The first kappa shape index (κ1) is 19.3. The number of hydrogen-bond donors (Lipinski definition) is 3. The van der Waals surface area contributed by atoms with Gasteiger partial charge in [0.1, 0.15) is 11.6 Å². The van der Waals surface area contributed by atoms with E-state index in [1.807, 2.05) is 22.6 Å². The molecule has 0 aliphatic heterocycles.